The van der Waals surface area contributed by atoms with Gasteiger partial charge in [0.1, 0.15) is 11.2 Å². The van der Waals surface area contributed by atoms with E-state index in [1.54, 1.807) is 0 Å². The number of furan rings is 1. The smallest absolute Gasteiger partial charge is 0.136 e. The second-order valence-corrected chi connectivity index (χ2v) is 10.5. The highest BCUT2D eigenvalue weighted by molar-refractivity contribution is 6.21. The molecular formula is C44H28O. The Hall–Kier alpha value is -5.92. The molecule has 0 aliphatic carbocycles. The van der Waals surface area contributed by atoms with E-state index in [0.717, 1.165) is 21.9 Å². The fourth-order valence-corrected chi connectivity index (χ4v) is 6.02. The summed E-state index contributed by atoms with van der Waals surface area (Å²) in [5.74, 6) is 0. The van der Waals surface area contributed by atoms with Gasteiger partial charge in [0.15, 0.2) is 0 Å². The molecule has 0 aliphatic rings. The van der Waals surface area contributed by atoms with Gasteiger partial charge in [0.25, 0.3) is 0 Å². The third-order valence-corrected chi connectivity index (χ3v) is 7.94. The summed E-state index contributed by atoms with van der Waals surface area (Å²) in [6.07, 6.45) is 0. The molecule has 0 spiro atoms. The summed E-state index contributed by atoms with van der Waals surface area (Å²) in [6.45, 7) is 0. The van der Waals surface area contributed by atoms with Gasteiger partial charge in [-0.05, 0) is 84.2 Å². The predicted molar refractivity (Wildman–Crippen MR) is 190 cm³/mol. The summed E-state index contributed by atoms with van der Waals surface area (Å²) < 4.78 is 140. The van der Waals surface area contributed by atoms with Crippen LogP contribution in [0.15, 0.2) is 174 Å². The van der Waals surface area contributed by atoms with Gasteiger partial charge < -0.3 is 4.42 Å². The Labute approximate surface area is 282 Å². The number of rotatable bonds is 4. The van der Waals surface area contributed by atoms with E-state index >= 15 is 0 Å². The van der Waals surface area contributed by atoms with Gasteiger partial charge in [-0.3, -0.25) is 0 Å². The highest BCUT2D eigenvalue weighted by Gasteiger charge is 2.17. The van der Waals surface area contributed by atoms with Crippen LogP contribution in [0.3, 0.4) is 0 Å². The SMILES string of the molecule is [2H]c1c([2H])c([2H])c(-c2c([2H])c([2H])c([2H])c3oc4c([2H])c([2H])c(-c5c([2H])c([2H])c(-c6c7ccccc7c(-c7ccccc7)c7ccccc67)c([2H])c5[2H])c([2H])c4c23)c([2H])c1[2H]. The molecule has 0 radical (unpaired) electrons. The highest BCUT2D eigenvalue weighted by Crippen LogP contribution is 2.44. The normalized spacial score (nSPS) is 16.2. The first-order valence-electron chi connectivity index (χ1n) is 21.7. The van der Waals surface area contributed by atoms with Crippen LogP contribution in [0.2, 0.25) is 0 Å². The van der Waals surface area contributed by atoms with Gasteiger partial charge >= 0.3 is 0 Å². The van der Waals surface area contributed by atoms with E-state index in [1.165, 1.54) is 0 Å². The molecule has 0 bridgehead atoms. The molecule has 1 heterocycles. The lowest BCUT2D eigenvalue weighted by molar-refractivity contribution is 0.669. The van der Waals surface area contributed by atoms with Gasteiger partial charge in [0.05, 0.1) is 20.6 Å². The maximum atomic E-state index is 9.55. The monoisotopic (exact) mass is 587 g/mol. The van der Waals surface area contributed by atoms with Crippen LogP contribution in [0.4, 0.5) is 0 Å². The van der Waals surface area contributed by atoms with Crippen molar-refractivity contribution in [3.63, 3.8) is 0 Å². The van der Waals surface area contributed by atoms with E-state index in [9.17, 15) is 6.85 Å². The van der Waals surface area contributed by atoms with Crippen molar-refractivity contribution in [3.8, 4) is 44.5 Å². The molecule has 0 unspecified atom stereocenters. The summed E-state index contributed by atoms with van der Waals surface area (Å²) >= 11 is 0. The maximum Gasteiger partial charge on any atom is 0.136 e. The van der Waals surface area contributed by atoms with Crippen LogP contribution in [0.1, 0.15) is 20.6 Å². The van der Waals surface area contributed by atoms with Crippen molar-refractivity contribution in [2.24, 2.45) is 0 Å². The first kappa shape index (κ1) is 14.7. The van der Waals surface area contributed by atoms with Crippen LogP contribution in [-0.4, -0.2) is 0 Å². The third kappa shape index (κ3) is 4.17. The Balaban J connectivity index is 1.39. The predicted octanol–water partition coefficient (Wildman–Crippen LogP) is 12.6. The summed E-state index contributed by atoms with van der Waals surface area (Å²) in [4.78, 5) is 0. The molecule has 9 rings (SSSR count). The summed E-state index contributed by atoms with van der Waals surface area (Å²) in [7, 11) is 0. The van der Waals surface area contributed by atoms with Crippen molar-refractivity contribution >= 4 is 43.5 Å². The molecule has 0 aliphatic heterocycles. The molecule has 45 heavy (non-hydrogen) atoms. The minimum absolute atomic E-state index is 0.0242. The highest BCUT2D eigenvalue weighted by atomic mass is 16.3. The number of hydrogen-bond acceptors (Lipinski definition) is 1. The topological polar surface area (TPSA) is 13.1 Å². The van der Waals surface area contributed by atoms with Crippen LogP contribution >= 0.6 is 0 Å². The van der Waals surface area contributed by atoms with E-state index in [1.807, 2.05) is 78.9 Å². The zero-order chi connectivity index (χ0) is 42.8. The zero-order valence-corrected chi connectivity index (χ0v) is 23.4. The summed E-state index contributed by atoms with van der Waals surface area (Å²) in [6, 6.07) is 14.8. The molecule has 1 aromatic heterocycles. The molecule has 0 atom stereocenters. The fourth-order valence-electron chi connectivity index (χ4n) is 6.02. The van der Waals surface area contributed by atoms with Crippen molar-refractivity contribution in [1.82, 2.24) is 0 Å². The minimum atomic E-state index is -0.742. The van der Waals surface area contributed by atoms with Crippen molar-refractivity contribution < 1.29 is 25.0 Å². The van der Waals surface area contributed by atoms with Crippen LogP contribution < -0.4 is 0 Å². The number of fused-ring (bicyclic) bond motifs is 5. The standard InChI is InChI=1S/C44H28O/c1-3-12-30(13-4-1)34-20-11-21-41-44(34)39-28-33(26-27-40(39)45-41)29-22-24-32(25-23-29)43-37-18-9-7-16-35(37)42(31-14-5-2-6-15-31)36-17-8-10-19-38(36)43/h1-28H/i1D,3D,4D,11D,12D,13D,20D,21D,22D,23D,24D,25D,26D,27D,28D. The number of hydrogen-bond donors (Lipinski definition) is 0. The lowest BCUT2D eigenvalue weighted by Gasteiger charge is -2.18. The quantitative estimate of drug-likeness (QED) is 0.187. The van der Waals surface area contributed by atoms with E-state index < -0.39 is 124 Å². The van der Waals surface area contributed by atoms with E-state index in [-0.39, 0.29) is 16.3 Å². The summed E-state index contributed by atoms with van der Waals surface area (Å²) in [5.41, 5.74) is -0.525. The van der Waals surface area contributed by atoms with Crippen molar-refractivity contribution in [3.05, 3.63) is 169 Å². The average molecular weight is 588 g/mol. The van der Waals surface area contributed by atoms with Crippen molar-refractivity contribution in [2.75, 3.05) is 0 Å². The largest absolute Gasteiger partial charge is 0.456 e. The first-order valence-corrected chi connectivity index (χ1v) is 14.2. The minimum Gasteiger partial charge on any atom is -0.456 e. The molecule has 0 amide bonds. The van der Waals surface area contributed by atoms with Crippen molar-refractivity contribution in [2.45, 2.75) is 0 Å². The van der Waals surface area contributed by atoms with Gasteiger partial charge in [-0.1, -0.05) is 151 Å². The lowest BCUT2D eigenvalue weighted by Crippen LogP contribution is -1.90. The molecule has 0 fully saturated rings. The van der Waals surface area contributed by atoms with Crippen LogP contribution in [0, 0.1) is 0 Å². The van der Waals surface area contributed by atoms with Gasteiger partial charge in [0.2, 0.25) is 0 Å². The molecular weight excluding hydrogens is 544 g/mol. The third-order valence-electron chi connectivity index (χ3n) is 7.94. The lowest BCUT2D eigenvalue weighted by atomic mass is 9.86. The second kappa shape index (κ2) is 10.4. The average Bonchev–Trinajstić information content (AvgIpc) is 3.66. The zero-order valence-electron chi connectivity index (χ0n) is 38.4. The molecule has 0 saturated heterocycles. The van der Waals surface area contributed by atoms with E-state index in [2.05, 4.69) is 0 Å². The molecule has 1 heteroatoms. The van der Waals surface area contributed by atoms with Gasteiger partial charge in [-0.2, -0.15) is 0 Å². The molecule has 1 nitrogen and oxygen atoms in total. The molecule has 8 aromatic carbocycles. The Morgan fingerprint density at radius 2 is 0.956 bits per heavy atom. The van der Waals surface area contributed by atoms with Gasteiger partial charge in [0, 0.05) is 10.8 Å². The van der Waals surface area contributed by atoms with Gasteiger partial charge in [-0.15, -0.1) is 0 Å². The van der Waals surface area contributed by atoms with E-state index in [4.69, 9.17) is 18.1 Å². The Kier molecular flexibility index (Phi) is 3.39. The fraction of sp³-hybridized carbons (Fsp3) is 0. The van der Waals surface area contributed by atoms with Crippen molar-refractivity contribution in [1.29, 1.82) is 0 Å². The maximum absolute atomic E-state index is 9.55. The first-order chi connectivity index (χ1) is 28.6. The van der Waals surface area contributed by atoms with Crippen LogP contribution in [0.5, 0.6) is 0 Å². The Bertz CT molecular complexity index is 3260. The Morgan fingerprint density at radius 3 is 1.62 bits per heavy atom. The van der Waals surface area contributed by atoms with Crippen LogP contribution in [0.25, 0.3) is 88.0 Å². The molecule has 9 aromatic rings. The van der Waals surface area contributed by atoms with Crippen LogP contribution in [-0.2, 0) is 0 Å². The summed E-state index contributed by atoms with van der Waals surface area (Å²) in [5, 5.41) is 2.31. The number of benzene rings is 8. The second-order valence-electron chi connectivity index (χ2n) is 10.5. The Morgan fingerprint density at radius 1 is 0.378 bits per heavy atom. The van der Waals surface area contributed by atoms with E-state index in [0.29, 0.717) is 16.3 Å². The molecule has 0 N–H and O–H groups in total. The molecule has 0 saturated carbocycles. The van der Waals surface area contributed by atoms with Gasteiger partial charge in [-0.25, -0.2) is 0 Å². The molecule has 210 valence electrons.